The van der Waals surface area contributed by atoms with Crippen LogP contribution in [-0.2, 0) is 4.74 Å². The average Bonchev–Trinajstić information content (AvgIpc) is 2.54. The molecule has 0 aliphatic rings. The number of nitrogens with zero attached hydrogens (tertiary/aromatic N) is 1. The molecule has 0 amide bonds. The Morgan fingerprint density at radius 1 is 1.17 bits per heavy atom. The number of rotatable bonds is 5. The number of halogens is 1. The number of nitro benzene ring substituents is 1. The van der Waals surface area contributed by atoms with E-state index in [1.807, 2.05) is 0 Å². The lowest BCUT2D eigenvalue weighted by atomic mass is 10.1. The second kappa shape index (κ2) is 6.97. The van der Waals surface area contributed by atoms with Crippen LogP contribution in [0.3, 0.4) is 0 Å². The van der Waals surface area contributed by atoms with Crippen LogP contribution in [0.4, 0.5) is 5.69 Å². The molecule has 124 valence electrons. The van der Waals surface area contributed by atoms with Crippen molar-refractivity contribution in [3.63, 3.8) is 0 Å². The number of carbonyl (C=O) groups is 2. The van der Waals surface area contributed by atoms with Gasteiger partial charge in [0.25, 0.3) is 0 Å². The number of hydrogen-bond acceptors (Lipinski definition) is 6. The summed E-state index contributed by atoms with van der Waals surface area (Å²) in [6.45, 7) is 0. The van der Waals surface area contributed by atoms with Crippen molar-refractivity contribution >= 4 is 29.2 Å². The van der Waals surface area contributed by atoms with Crippen LogP contribution in [0, 0.1) is 10.1 Å². The van der Waals surface area contributed by atoms with E-state index in [9.17, 15) is 19.7 Å². The molecule has 2 rings (SSSR count). The number of aromatic carboxylic acids is 1. The molecular formula is C15H10ClNO7. The predicted molar refractivity (Wildman–Crippen MR) is 82.9 cm³/mol. The molecule has 0 saturated heterocycles. The Morgan fingerprint density at radius 3 is 2.42 bits per heavy atom. The van der Waals surface area contributed by atoms with Gasteiger partial charge in [-0.3, -0.25) is 10.1 Å². The number of methoxy groups -OCH3 is 1. The number of benzene rings is 2. The average molecular weight is 352 g/mol. The maximum absolute atomic E-state index is 11.7. The van der Waals surface area contributed by atoms with E-state index in [2.05, 4.69) is 4.74 Å². The van der Waals surface area contributed by atoms with Crippen molar-refractivity contribution in [3.8, 4) is 11.5 Å². The molecule has 0 aromatic heterocycles. The summed E-state index contributed by atoms with van der Waals surface area (Å²) in [5, 5.41) is 19.9. The second-order valence-corrected chi connectivity index (χ2v) is 4.86. The molecule has 0 aliphatic carbocycles. The van der Waals surface area contributed by atoms with Gasteiger partial charge in [-0.2, -0.15) is 0 Å². The van der Waals surface area contributed by atoms with E-state index in [1.54, 1.807) is 12.1 Å². The molecule has 9 heteroatoms. The highest BCUT2D eigenvalue weighted by molar-refractivity contribution is 6.33. The van der Waals surface area contributed by atoms with Gasteiger partial charge in [-0.05, 0) is 12.1 Å². The van der Waals surface area contributed by atoms with Crippen molar-refractivity contribution < 1.29 is 29.1 Å². The third-order valence-corrected chi connectivity index (χ3v) is 3.30. The topological polar surface area (TPSA) is 116 Å². The molecule has 1 N–H and O–H groups in total. The number of hydrogen-bond donors (Lipinski definition) is 1. The molecule has 0 radical (unpaired) electrons. The lowest BCUT2D eigenvalue weighted by Crippen LogP contribution is -2.05. The molecule has 24 heavy (non-hydrogen) atoms. The van der Waals surface area contributed by atoms with Crippen LogP contribution >= 0.6 is 11.6 Å². The molecule has 0 bridgehead atoms. The smallest absolute Gasteiger partial charge is 0.341 e. The van der Waals surface area contributed by atoms with Crippen molar-refractivity contribution in [1.82, 2.24) is 0 Å². The number of para-hydroxylation sites is 1. The van der Waals surface area contributed by atoms with Gasteiger partial charge in [0.15, 0.2) is 0 Å². The molecule has 2 aromatic rings. The Hall–Kier alpha value is -3.13. The fraction of sp³-hybridized carbons (Fsp3) is 0.0667. The zero-order valence-corrected chi connectivity index (χ0v) is 12.9. The van der Waals surface area contributed by atoms with Gasteiger partial charge in [0.1, 0.15) is 11.3 Å². The lowest BCUT2D eigenvalue weighted by molar-refractivity contribution is -0.385. The quantitative estimate of drug-likeness (QED) is 0.497. The Labute approximate surface area is 140 Å². The highest BCUT2D eigenvalue weighted by atomic mass is 35.5. The molecule has 2 aromatic carbocycles. The van der Waals surface area contributed by atoms with Gasteiger partial charge in [-0.25, -0.2) is 9.59 Å². The largest absolute Gasteiger partial charge is 0.478 e. The van der Waals surface area contributed by atoms with Gasteiger partial charge in [0.05, 0.1) is 22.6 Å². The van der Waals surface area contributed by atoms with Crippen LogP contribution in [0.15, 0.2) is 36.4 Å². The van der Waals surface area contributed by atoms with Crippen LogP contribution in [0.1, 0.15) is 20.7 Å². The molecule has 0 aliphatic heterocycles. The molecule has 0 spiro atoms. The first-order valence-corrected chi connectivity index (χ1v) is 6.79. The van der Waals surface area contributed by atoms with E-state index in [0.29, 0.717) is 0 Å². The summed E-state index contributed by atoms with van der Waals surface area (Å²) in [5.41, 5.74) is -0.985. The van der Waals surface area contributed by atoms with Crippen LogP contribution < -0.4 is 4.74 Å². The highest BCUT2D eigenvalue weighted by Gasteiger charge is 2.24. The molecular weight excluding hydrogens is 342 g/mol. The molecule has 8 nitrogen and oxygen atoms in total. The summed E-state index contributed by atoms with van der Waals surface area (Å²) in [4.78, 5) is 33.1. The summed E-state index contributed by atoms with van der Waals surface area (Å²) in [7, 11) is 1.18. The SMILES string of the molecule is COC(=O)c1ccccc1Oc1cc(Cl)c(C(=O)O)cc1[N+](=O)[O-]. The van der Waals surface area contributed by atoms with Crippen molar-refractivity contribution in [3.05, 3.63) is 62.7 Å². The standard InChI is InChI=1S/C15H10ClNO7/c1-23-15(20)8-4-2-3-5-12(8)24-13-7-10(16)9(14(18)19)6-11(13)17(21)22/h2-7H,1H3,(H,18,19). The van der Waals surface area contributed by atoms with Crippen molar-refractivity contribution in [2.45, 2.75) is 0 Å². The number of ether oxygens (including phenoxy) is 2. The summed E-state index contributed by atoms with van der Waals surface area (Å²) in [6.07, 6.45) is 0. The first kappa shape index (κ1) is 17.2. The Morgan fingerprint density at radius 2 is 1.83 bits per heavy atom. The fourth-order valence-corrected chi connectivity index (χ4v) is 2.12. The van der Waals surface area contributed by atoms with E-state index in [4.69, 9.17) is 21.4 Å². The van der Waals surface area contributed by atoms with Gasteiger partial charge in [0.2, 0.25) is 5.75 Å². The summed E-state index contributed by atoms with van der Waals surface area (Å²) < 4.78 is 10.0. The first-order valence-electron chi connectivity index (χ1n) is 6.41. The van der Waals surface area contributed by atoms with Gasteiger partial charge in [0, 0.05) is 12.1 Å². The predicted octanol–water partition coefficient (Wildman–Crippen LogP) is 3.53. The van der Waals surface area contributed by atoms with Gasteiger partial charge < -0.3 is 14.6 Å². The lowest BCUT2D eigenvalue weighted by Gasteiger charge is -2.11. The maximum Gasteiger partial charge on any atom is 0.341 e. The minimum Gasteiger partial charge on any atom is -0.478 e. The molecule has 0 atom stereocenters. The molecule has 0 saturated carbocycles. The van der Waals surface area contributed by atoms with Gasteiger partial charge in [-0.1, -0.05) is 23.7 Å². The summed E-state index contributed by atoms with van der Waals surface area (Å²) in [6, 6.07) is 7.75. The minimum atomic E-state index is -1.41. The first-order chi connectivity index (χ1) is 11.3. The zero-order valence-electron chi connectivity index (χ0n) is 12.2. The van der Waals surface area contributed by atoms with E-state index in [0.717, 1.165) is 12.1 Å². The minimum absolute atomic E-state index is 0.00610. The summed E-state index contributed by atoms with van der Waals surface area (Å²) in [5.74, 6) is -2.40. The highest BCUT2D eigenvalue weighted by Crippen LogP contribution is 2.37. The van der Waals surface area contributed by atoms with Crippen LogP contribution in [0.25, 0.3) is 0 Å². The van der Waals surface area contributed by atoms with E-state index in [-0.39, 0.29) is 22.1 Å². The number of nitro groups is 1. The molecule has 0 unspecified atom stereocenters. The van der Waals surface area contributed by atoms with Gasteiger partial charge >= 0.3 is 17.6 Å². The second-order valence-electron chi connectivity index (χ2n) is 4.45. The Kier molecular flexibility index (Phi) is 5.00. The normalized spacial score (nSPS) is 10.1. The van der Waals surface area contributed by atoms with Crippen LogP contribution in [0.2, 0.25) is 5.02 Å². The van der Waals surface area contributed by atoms with Crippen molar-refractivity contribution in [2.75, 3.05) is 7.11 Å². The maximum atomic E-state index is 11.7. The zero-order chi connectivity index (χ0) is 17.9. The van der Waals surface area contributed by atoms with E-state index < -0.39 is 28.1 Å². The van der Waals surface area contributed by atoms with Crippen LogP contribution in [-0.4, -0.2) is 29.1 Å². The Bertz CT molecular complexity index is 835. The number of esters is 1. The fourth-order valence-electron chi connectivity index (χ4n) is 1.88. The Balaban J connectivity index is 2.55. The monoisotopic (exact) mass is 351 g/mol. The van der Waals surface area contributed by atoms with Gasteiger partial charge in [-0.15, -0.1) is 0 Å². The van der Waals surface area contributed by atoms with Crippen molar-refractivity contribution in [1.29, 1.82) is 0 Å². The molecule has 0 heterocycles. The van der Waals surface area contributed by atoms with E-state index >= 15 is 0 Å². The number of carboxylic acid groups (broad SMARTS) is 1. The number of carboxylic acids is 1. The third-order valence-electron chi connectivity index (χ3n) is 2.99. The number of carbonyl (C=O) groups excluding carboxylic acids is 1. The third kappa shape index (κ3) is 3.44. The molecule has 0 fully saturated rings. The van der Waals surface area contributed by atoms with Crippen molar-refractivity contribution in [2.24, 2.45) is 0 Å². The van der Waals surface area contributed by atoms with E-state index in [1.165, 1.54) is 19.2 Å². The summed E-state index contributed by atoms with van der Waals surface area (Å²) >= 11 is 5.82. The van der Waals surface area contributed by atoms with Crippen LogP contribution in [0.5, 0.6) is 11.5 Å².